The van der Waals surface area contributed by atoms with Crippen molar-refractivity contribution in [2.45, 2.75) is 73.1 Å². The summed E-state index contributed by atoms with van der Waals surface area (Å²) in [6.07, 6.45) is 6.51. The Kier molecular flexibility index (Phi) is 20.8. The number of carbonyl (C=O) groups excluding carboxylic acids is 3. The Labute approximate surface area is 174 Å². The molecule has 0 aromatic rings. The Bertz CT molecular complexity index is 418. The molecule has 0 aromatic carbocycles. The first kappa shape index (κ1) is 28.7. The van der Waals surface area contributed by atoms with E-state index in [2.05, 4.69) is 5.32 Å². The van der Waals surface area contributed by atoms with Crippen LogP contribution in [0.4, 0.5) is 0 Å². The zero-order valence-corrected chi connectivity index (χ0v) is 18.6. The van der Waals surface area contributed by atoms with E-state index in [-0.39, 0.29) is 27.9 Å². The maximum Gasteiger partial charge on any atom is 0.243 e. The van der Waals surface area contributed by atoms with Crippen molar-refractivity contribution in [3.63, 3.8) is 0 Å². The minimum Gasteiger partial charge on any atom is -0.381 e. The number of hydrogen-bond donors (Lipinski definition) is 2. The summed E-state index contributed by atoms with van der Waals surface area (Å²) in [5, 5.41) is 2.62. The molecule has 3 N–H and O–H groups in total. The monoisotopic (exact) mass is 406 g/mol. The van der Waals surface area contributed by atoms with Gasteiger partial charge in [0, 0.05) is 34.3 Å². The quantitative estimate of drug-likeness (QED) is 0.512. The molecule has 0 radical (unpaired) electrons. The first-order valence-corrected chi connectivity index (χ1v) is 10.6. The van der Waals surface area contributed by atoms with Crippen LogP contribution in [-0.4, -0.2) is 50.6 Å². The highest BCUT2D eigenvalue weighted by atomic mass is 16.5. The number of rotatable bonds is 11. The van der Waals surface area contributed by atoms with Gasteiger partial charge in [-0.3, -0.25) is 14.4 Å². The topological polar surface area (TPSA) is 108 Å². The predicted octanol–water partition coefficient (Wildman–Crippen LogP) is 3.34. The first-order chi connectivity index (χ1) is 13.4. The largest absolute Gasteiger partial charge is 0.381 e. The van der Waals surface area contributed by atoms with E-state index in [0.29, 0.717) is 37.9 Å². The van der Waals surface area contributed by atoms with Gasteiger partial charge in [-0.15, -0.1) is 0 Å². The van der Waals surface area contributed by atoms with Crippen LogP contribution in [0.5, 0.6) is 0 Å². The summed E-state index contributed by atoms with van der Waals surface area (Å²) in [6, 6.07) is 0. The summed E-state index contributed by atoms with van der Waals surface area (Å²) in [7, 11) is 0. The molecule has 7 nitrogen and oxygen atoms in total. The lowest BCUT2D eigenvalue weighted by Crippen LogP contribution is -2.29. The number of hydrogen-bond acceptors (Lipinski definition) is 5. The Morgan fingerprint density at radius 3 is 2.18 bits per heavy atom. The van der Waals surface area contributed by atoms with Crippen LogP contribution >= 0.6 is 0 Å². The summed E-state index contributed by atoms with van der Waals surface area (Å²) in [5.41, 5.74) is 4.85. The number of nitrogens with one attached hydrogen (secondary N) is 1. The van der Waals surface area contributed by atoms with E-state index >= 15 is 0 Å². The van der Waals surface area contributed by atoms with Crippen LogP contribution in [0, 0.1) is 11.8 Å². The molecule has 0 saturated heterocycles. The van der Waals surface area contributed by atoms with Crippen molar-refractivity contribution < 1.29 is 26.7 Å². The molecule has 0 unspecified atom stereocenters. The van der Waals surface area contributed by atoms with Crippen LogP contribution in [0.25, 0.3) is 0 Å². The van der Waals surface area contributed by atoms with Gasteiger partial charge in [-0.1, -0.05) is 47.0 Å². The van der Waals surface area contributed by atoms with Crippen LogP contribution in [0.15, 0.2) is 0 Å². The molecule has 0 heterocycles. The summed E-state index contributed by atoms with van der Waals surface area (Å²) >= 11 is 0. The molecular formula is C21H46N2O5. The predicted molar refractivity (Wildman–Crippen MR) is 116 cm³/mol. The fourth-order valence-electron chi connectivity index (χ4n) is 2.69. The molecule has 0 spiro atoms. The molecular weight excluding hydrogens is 360 g/mol. The SMILES string of the molecule is CC.CC(C)C(=O)C1CCCCC1.CCOCCC(=O)NCCOCC(N)=O.[HH].[HH]. The third-order valence-electron chi connectivity index (χ3n) is 4.07. The van der Waals surface area contributed by atoms with Crippen LogP contribution in [0.3, 0.4) is 0 Å². The third kappa shape index (κ3) is 17.9. The highest BCUT2D eigenvalue weighted by Crippen LogP contribution is 2.26. The van der Waals surface area contributed by atoms with Gasteiger partial charge in [0.05, 0.1) is 13.2 Å². The fourth-order valence-corrected chi connectivity index (χ4v) is 2.69. The van der Waals surface area contributed by atoms with E-state index in [1.807, 2.05) is 34.6 Å². The zero-order valence-electron chi connectivity index (χ0n) is 18.6. The molecule has 1 saturated carbocycles. The van der Waals surface area contributed by atoms with Crippen molar-refractivity contribution in [3.05, 3.63) is 0 Å². The maximum atomic E-state index is 11.5. The molecule has 0 atom stereocenters. The average molecular weight is 407 g/mol. The van der Waals surface area contributed by atoms with Gasteiger partial charge in [-0.25, -0.2) is 0 Å². The van der Waals surface area contributed by atoms with Gasteiger partial charge in [0.25, 0.3) is 0 Å². The number of Topliss-reactive ketones (excluding diaryl/α,β-unsaturated/α-hetero) is 1. The Morgan fingerprint density at radius 1 is 1.07 bits per heavy atom. The summed E-state index contributed by atoms with van der Waals surface area (Å²) in [4.78, 5) is 32.8. The number of ketones is 1. The molecule has 1 fully saturated rings. The lowest BCUT2D eigenvalue weighted by molar-refractivity contribution is -0.127. The van der Waals surface area contributed by atoms with Crippen molar-refractivity contribution in [1.82, 2.24) is 5.32 Å². The van der Waals surface area contributed by atoms with E-state index < -0.39 is 5.91 Å². The van der Waals surface area contributed by atoms with Gasteiger partial charge >= 0.3 is 0 Å². The van der Waals surface area contributed by atoms with Crippen molar-refractivity contribution in [2.24, 2.45) is 17.6 Å². The van der Waals surface area contributed by atoms with E-state index in [1.54, 1.807) is 0 Å². The second-order valence-corrected chi connectivity index (χ2v) is 6.71. The number of amides is 2. The molecule has 1 rings (SSSR count). The Balaban J connectivity index is -0.000000201. The lowest BCUT2D eigenvalue weighted by atomic mass is 9.83. The molecule has 0 aliphatic heterocycles. The second-order valence-electron chi connectivity index (χ2n) is 6.71. The normalized spacial score (nSPS) is 13.6. The van der Waals surface area contributed by atoms with Crippen LogP contribution in [-0.2, 0) is 23.9 Å². The molecule has 2 amide bonds. The number of ether oxygens (including phenoxy) is 2. The van der Waals surface area contributed by atoms with Gasteiger partial charge in [0.1, 0.15) is 12.4 Å². The van der Waals surface area contributed by atoms with E-state index in [0.717, 1.165) is 12.8 Å². The summed E-state index contributed by atoms with van der Waals surface area (Å²) < 4.78 is 9.86. The molecule has 7 heteroatoms. The Morgan fingerprint density at radius 2 is 1.68 bits per heavy atom. The summed E-state index contributed by atoms with van der Waals surface area (Å²) in [6.45, 7) is 11.5. The number of carbonyl (C=O) groups is 3. The van der Waals surface area contributed by atoms with Gasteiger partial charge in [0.15, 0.2) is 0 Å². The molecule has 0 aromatic heterocycles. The highest BCUT2D eigenvalue weighted by Gasteiger charge is 2.22. The number of nitrogens with two attached hydrogens (primary N) is 1. The van der Waals surface area contributed by atoms with E-state index in [9.17, 15) is 14.4 Å². The maximum absolute atomic E-state index is 11.5. The summed E-state index contributed by atoms with van der Waals surface area (Å²) in [5.74, 6) is 0.537. The zero-order chi connectivity index (χ0) is 21.8. The molecule has 1 aliphatic rings. The molecule has 28 heavy (non-hydrogen) atoms. The molecule has 0 bridgehead atoms. The minimum absolute atomic E-state index is 0. The van der Waals surface area contributed by atoms with Gasteiger partial charge < -0.3 is 20.5 Å². The van der Waals surface area contributed by atoms with Gasteiger partial charge in [-0.05, 0) is 19.8 Å². The van der Waals surface area contributed by atoms with Crippen molar-refractivity contribution in [2.75, 3.05) is 33.0 Å². The molecule has 1 aliphatic carbocycles. The van der Waals surface area contributed by atoms with Crippen LogP contribution < -0.4 is 11.1 Å². The Hall–Kier alpha value is -1.47. The van der Waals surface area contributed by atoms with Gasteiger partial charge in [-0.2, -0.15) is 0 Å². The van der Waals surface area contributed by atoms with Crippen molar-refractivity contribution in [3.8, 4) is 0 Å². The first-order valence-electron chi connectivity index (χ1n) is 10.6. The van der Waals surface area contributed by atoms with Gasteiger partial charge in [0.2, 0.25) is 11.8 Å². The average Bonchev–Trinajstić information content (AvgIpc) is 2.69. The van der Waals surface area contributed by atoms with Crippen LogP contribution in [0.2, 0.25) is 0 Å². The molecule has 170 valence electrons. The third-order valence-corrected chi connectivity index (χ3v) is 4.07. The second kappa shape index (κ2) is 20.3. The standard InChI is InChI=1S/C10H18O.C9H18N2O4.C2H6.2H2/c1-8(2)10(11)9-6-4-3-5-7-9;1-2-14-5-3-9(13)11-4-6-15-7-8(10)12;1-2;;/h8-9H,3-7H2,1-2H3;2-7H2,1H3,(H2,10,12)(H,11,13);1-2H3;2*1H. The van der Waals surface area contributed by atoms with Crippen molar-refractivity contribution >= 4 is 17.6 Å². The minimum atomic E-state index is -0.516. The van der Waals surface area contributed by atoms with Crippen LogP contribution in [0.1, 0.15) is 76.0 Å². The fraction of sp³-hybridized carbons (Fsp3) is 0.857. The van der Waals surface area contributed by atoms with Crippen molar-refractivity contribution in [1.29, 1.82) is 0 Å². The van der Waals surface area contributed by atoms with E-state index in [4.69, 9.17) is 15.2 Å². The highest BCUT2D eigenvalue weighted by molar-refractivity contribution is 5.82. The lowest BCUT2D eigenvalue weighted by Gasteiger charge is -2.21. The smallest absolute Gasteiger partial charge is 0.243 e. The van der Waals surface area contributed by atoms with E-state index in [1.165, 1.54) is 19.3 Å². The number of primary amides is 1.